The van der Waals surface area contributed by atoms with Gasteiger partial charge < -0.3 is 0 Å². The number of hydrogen-bond acceptors (Lipinski definition) is 2. The van der Waals surface area contributed by atoms with Crippen molar-refractivity contribution in [3.8, 4) is 0 Å². The molecule has 2 unspecified atom stereocenters. The molecule has 1 rings (SSSR count). The fraction of sp³-hybridized carbons (Fsp3) is 0.333. The summed E-state index contributed by atoms with van der Waals surface area (Å²) >= 11 is -2.20. The van der Waals surface area contributed by atoms with Crippen molar-refractivity contribution >= 4 is 11.4 Å². The Morgan fingerprint density at radius 1 is 1.54 bits per heavy atom. The first-order valence-corrected chi connectivity index (χ1v) is 4.97. The minimum Gasteiger partial charge on any atom is -0.284 e. The molecule has 72 valence electrons. The van der Waals surface area contributed by atoms with E-state index >= 15 is 0 Å². The van der Waals surface area contributed by atoms with E-state index in [9.17, 15) is 4.21 Å². The summed E-state index contributed by atoms with van der Waals surface area (Å²) in [5.74, 6) is 0. The summed E-state index contributed by atoms with van der Waals surface area (Å²) in [6.07, 6.45) is -0.356. The van der Waals surface area contributed by atoms with Crippen LogP contribution in [0.15, 0.2) is 24.3 Å². The highest BCUT2D eigenvalue weighted by Gasteiger charge is 2.08. The average Bonchev–Trinajstić information content (AvgIpc) is 2.03. The molecule has 0 heterocycles. The zero-order chi connectivity index (χ0) is 9.84. The van der Waals surface area contributed by atoms with E-state index in [0.717, 1.165) is 11.1 Å². The minimum atomic E-state index is -2.20. The maximum Gasteiger partial charge on any atom is 0.302 e. The number of rotatable bonds is 3. The van der Waals surface area contributed by atoms with Crippen LogP contribution in [0.1, 0.15) is 24.2 Å². The second-order valence-corrected chi connectivity index (χ2v) is 3.50. The first-order chi connectivity index (χ1) is 6.09. The lowest BCUT2D eigenvalue weighted by molar-refractivity contribution is 0.227. The summed E-state index contributed by atoms with van der Waals surface area (Å²) in [6.45, 7) is 3.70. The van der Waals surface area contributed by atoms with Crippen molar-refractivity contribution in [3.63, 3.8) is 0 Å². The SMILES string of the molecule is Cc1cccc(C(C)OS(=O)O)c1. The Labute approximate surface area is 80.2 Å². The molecule has 0 saturated heterocycles. The van der Waals surface area contributed by atoms with E-state index < -0.39 is 11.4 Å². The van der Waals surface area contributed by atoms with Crippen LogP contribution in [0.4, 0.5) is 0 Å². The van der Waals surface area contributed by atoms with Gasteiger partial charge in [-0.1, -0.05) is 29.8 Å². The van der Waals surface area contributed by atoms with Crippen LogP contribution in [0.5, 0.6) is 0 Å². The molecule has 0 aliphatic rings. The third-order valence-electron chi connectivity index (χ3n) is 1.74. The zero-order valence-electron chi connectivity index (χ0n) is 7.56. The van der Waals surface area contributed by atoms with Crippen molar-refractivity contribution < 1.29 is 12.9 Å². The van der Waals surface area contributed by atoms with Gasteiger partial charge in [-0.3, -0.25) is 8.74 Å². The van der Waals surface area contributed by atoms with Gasteiger partial charge in [0.15, 0.2) is 0 Å². The van der Waals surface area contributed by atoms with Crippen LogP contribution in [0.2, 0.25) is 0 Å². The van der Waals surface area contributed by atoms with Gasteiger partial charge in [-0.05, 0) is 19.4 Å². The quantitative estimate of drug-likeness (QED) is 0.761. The molecule has 2 atom stereocenters. The van der Waals surface area contributed by atoms with Gasteiger partial charge in [-0.15, -0.1) is 0 Å². The fourth-order valence-corrected chi connectivity index (χ4v) is 1.46. The normalized spacial score (nSPS) is 15.3. The molecule has 1 aromatic carbocycles. The van der Waals surface area contributed by atoms with Crippen LogP contribution in [0, 0.1) is 6.92 Å². The van der Waals surface area contributed by atoms with Crippen molar-refractivity contribution in [2.45, 2.75) is 20.0 Å². The second-order valence-electron chi connectivity index (χ2n) is 2.87. The molecule has 0 radical (unpaired) electrons. The van der Waals surface area contributed by atoms with Gasteiger partial charge in [0.1, 0.15) is 0 Å². The smallest absolute Gasteiger partial charge is 0.284 e. The summed E-state index contributed by atoms with van der Waals surface area (Å²) in [5.41, 5.74) is 2.01. The van der Waals surface area contributed by atoms with Crippen LogP contribution in [-0.4, -0.2) is 8.76 Å². The Balaban J connectivity index is 2.76. The Hall–Kier alpha value is -0.710. The number of aryl methyl sites for hydroxylation is 1. The van der Waals surface area contributed by atoms with Crippen LogP contribution in [0.25, 0.3) is 0 Å². The van der Waals surface area contributed by atoms with Crippen LogP contribution >= 0.6 is 0 Å². The summed E-state index contributed by atoms with van der Waals surface area (Å²) in [4.78, 5) is 0. The van der Waals surface area contributed by atoms with E-state index in [1.54, 1.807) is 6.92 Å². The molecule has 0 aliphatic carbocycles. The Kier molecular flexibility index (Phi) is 3.59. The number of benzene rings is 1. The first-order valence-electron chi connectivity index (χ1n) is 3.94. The molecular weight excluding hydrogens is 188 g/mol. The third-order valence-corrected chi connectivity index (χ3v) is 2.19. The summed E-state index contributed by atoms with van der Waals surface area (Å²) < 4.78 is 23.6. The lowest BCUT2D eigenvalue weighted by atomic mass is 10.1. The molecule has 0 saturated carbocycles. The van der Waals surface area contributed by atoms with Gasteiger partial charge in [0.2, 0.25) is 0 Å². The molecular formula is C9H12O3S. The molecule has 3 nitrogen and oxygen atoms in total. The van der Waals surface area contributed by atoms with Gasteiger partial charge in [0.05, 0.1) is 6.10 Å². The van der Waals surface area contributed by atoms with Crippen molar-refractivity contribution in [1.29, 1.82) is 0 Å². The maximum atomic E-state index is 10.4. The number of hydrogen-bond donors (Lipinski definition) is 1. The molecule has 0 spiro atoms. The van der Waals surface area contributed by atoms with Crippen LogP contribution in [-0.2, 0) is 15.5 Å². The molecule has 0 aliphatic heterocycles. The summed E-state index contributed by atoms with van der Waals surface area (Å²) in [5, 5.41) is 0. The van der Waals surface area contributed by atoms with Gasteiger partial charge in [-0.25, -0.2) is 0 Å². The van der Waals surface area contributed by atoms with E-state index in [0.29, 0.717) is 0 Å². The molecule has 1 aromatic rings. The van der Waals surface area contributed by atoms with Crippen LogP contribution < -0.4 is 0 Å². The Bertz CT molecular complexity index is 311. The molecule has 0 fully saturated rings. The highest BCUT2D eigenvalue weighted by atomic mass is 32.2. The van der Waals surface area contributed by atoms with Crippen molar-refractivity contribution in [3.05, 3.63) is 35.4 Å². The fourth-order valence-electron chi connectivity index (χ4n) is 1.10. The van der Waals surface area contributed by atoms with E-state index in [4.69, 9.17) is 8.74 Å². The Morgan fingerprint density at radius 3 is 2.77 bits per heavy atom. The predicted octanol–water partition coefficient (Wildman–Crippen LogP) is 2.21. The van der Waals surface area contributed by atoms with E-state index in [1.807, 2.05) is 31.2 Å². The largest absolute Gasteiger partial charge is 0.302 e. The zero-order valence-corrected chi connectivity index (χ0v) is 8.38. The lowest BCUT2D eigenvalue weighted by Gasteiger charge is -2.09. The molecule has 0 aromatic heterocycles. The van der Waals surface area contributed by atoms with E-state index in [-0.39, 0.29) is 6.10 Å². The topological polar surface area (TPSA) is 46.5 Å². The third kappa shape index (κ3) is 3.26. The highest BCUT2D eigenvalue weighted by molar-refractivity contribution is 7.74. The van der Waals surface area contributed by atoms with E-state index in [2.05, 4.69) is 0 Å². The molecule has 4 heteroatoms. The van der Waals surface area contributed by atoms with Gasteiger partial charge in [0.25, 0.3) is 0 Å². The van der Waals surface area contributed by atoms with Crippen molar-refractivity contribution in [2.75, 3.05) is 0 Å². The standard InChI is InChI=1S/C9H12O3S/c1-7-4-3-5-9(6-7)8(2)12-13(10)11/h3-6,8H,1-2H3,(H,10,11). The van der Waals surface area contributed by atoms with E-state index in [1.165, 1.54) is 0 Å². The second kappa shape index (κ2) is 4.50. The monoisotopic (exact) mass is 200 g/mol. The molecule has 0 bridgehead atoms. The molecule has 0 amide bonds. The maximum absolute atomic E-state index is 10.4. The summed E-state index contributed by atoms with van der Waals surface area (Å²) in [6, 6.07) is 7.65. The Morgan fingerprint density at radius 2 is 2.23 bits per heavy atom. The van der Waals surface area contributed by atoms with Crippen molar-refractivity contribution in [2.24, 2.45) is 0 Å². The average molecular weight is 200 g/mol. The lowest BCUT2D eigenvalue weighted by Crippen LogP contribution is -2.02. The van der Waals surface area contributed by atoms with Crippen molar-refractivity contribution in [1.82, 2.24) is 0 Å². The van der Waals surface area contributed by atoms with Gasteiger partial charge in [0, 0.05) is 0 Å². The highest BCUT2D eigenvalue weighted by Crippen LogP contribution is 2.18. The molecule has 1 N–H and O–H groups in total. The van der Waals surface area contributed by atoms with Gasteiger partial charge in [-0.2, -0.15) is 4.21 Å². The summed E-state index contributed by atoms with van der Waals surface area (Å²) in [7, 11) is 0. The van der Waals surface area contributed by atoms with Gasteiger partial charge >= 0.3 is 11.4 Å². The molecule has 13 heavy (non-hydrogen) atoms. The van der Waals surface area contributed by atoms with Crippen LogP contribution in [0.3, 0.4) is 0 Å². The minimum absolute atomic E-state index is 0.356. The predicted molar refractivity (Wildman–Crippen MR) is 51.5 cm³/mol. The first kappa shape index (κ1) is 10.4.